The van der Waals surface area contributed by atoms with Gasteiger partial charge in [-0.2, -0.15) is 5.10 Å². The Bertz CT molecular complexity index is 1620. The largest absolute Gasteiger partial charge is 0.334 e. The lowest BCUT2D eigenvalue weighted by Gasteiger charge is -2.25. The van der Waals surface area contributed by atoms with Crippen LogP contribution in [0.3, 0.4) is 0 Å². The number of aromatic nitrogens is 2. The summed E-state index contributed by atoms with van der Waals surface area (Å²) in [6, 6.07) is 16.9. The molecular formula is C28H29N5O3S. The van der Waals surface area contributed by atoms with Gasteiger partial charge in [0, 0.05) is 29.6 Å². The predicted octanol–water partition coefficient (Wildman–Crippen LogP) is 4.73. The number of urea groups is 1. The molecule has 9 heteroatoms. The second kappa shape index (κ2) is 8.71. The first-order valence-corrected chi connectivity index (χ1v) is 14.0. The SMILES string of the molecule is Cc1cc2[nH]ncc2cc1-c1ccc2c(c1)C1(CCCC1)CN2C(=O)NCc1ccc(S(N)(=O)=O)cc1. The minimum absolute atomic E-state index is 0.0204. The number of nitrogens with zero attached hydrogens (tertiary/aromatic N) is 2. The number of benzene rings is 3. The average Bonchev–Trinajstić information content (AvgIpc) is 3.61. The van der Waals surface area contributed by atoms with Crippen LogP contribution in [0.25, 0.3) is 22.0 Å². The number of carbonyl (C=O) groups excluding carboxylic acids is 1. The van der Waals surface area contributed by atoms with Crippen LogP contribution in [0.15, 0.2) is 65.7 Å². The van der Waals surface area contributed by atoms with E-state index in [0.717, 1.165) is 53.4 Å². The van der Waals surface area contributed by atoms with Gasteiger partial charge in [0.2, 0.25) is 10.0 Å². The number of nitrogens with two attached hydrogens (primary N) is 1. The predicted molar refractivity (Wildman–Crippen MR) is 144 cm³/mol. The van der Waals surface area contributed by atoms with Crippen LogP contribution < -0.4 is 15.4 Å². The van der Waals surface area contributed by atoms with Crippen molar-refractivity contribution >= 4 is 32.6 Å². The van der Waals surface area contributed by atoms with E-state index in [2.05, 4.69) is 52.8 Å². The highest BCUT2D eigenvalue weighted by Gasteiger charge is 2.46. The molecule has 0 bridgehead atoms. The van der Waals surface area contributed by atoms with Crippen molar-refractivity contribution in [2.75, 3.05) is 11.4 Å². The van der Waals surface area contributed by atoms with Crippen LogP contribution in [0.5, 0.6) is 0 Å². The van der Waals surface area contributed by atoms with Crippen molar-refractivity contribution in [3.05, 3.63) is 77.5 Å². The maximum absolute atomic E-state index is 13.4. The lowest BCUT2D eigenvalue weighted by molar-refractivity contribution is 0.245. The summed E-state index contributed by atoms with van der Waals surface area (Å²) in [7, 11) is -3.74. The van der Waals surface area contributed by atoms with Crippen LogP contribution in [0.1, 0.15) is 42.4 Å². The summed E-state index contributed by atoms with van der Waals surface area (Å²) in [5.74, 6) is 0. The molecule has 1 aliphatic carbocycles. The van der Waals surface area contributed by atoms with Gasteiger partial charge in [-0.1, -0.05) is 31.0 Å². The molecule has 2 heterocycles. The highest BCUT2D eigenvalue weighted by molar-refractivity contribution is 7.89. The smallest absolute Gasteiger partial charge is 0.322 e. The summed E-state index contributed by atoms with van der Waals surface area (Å²) >= 11 is 0. The van der Waals surface area contributed by atoms with Gasteiger partial charge in [-0.15, -0.1) is 0 Å². The first-order valence-electron chi connectivity index (χ1n) is 12.5. The molecule has 1 saturated carbocycles. The Hall–Kier alpha value is -3.69. The molecule has 1 fully saturated rings. The summed E-state index contributed by atoms with van der Waals surface area (Å²) in [5.41, 5.74) is 7.54. The number of carbonyl (C=O) groups is 1. The minimum Gasteiger partial charge on any atom is -0.334 e. The fourth-order valence-corrected chi connectivity index (χ4v) is 6.49. The average molecular weight is 516 g/mol. The standard InChI is InChI=1S/C28H29N5O3S/c1-18-12-25-21(16-31-32-25)13-23(18)20-6-9-26-24(14-20)28(10-2-3-11-28)17-33(26)27(34)30-15-19-4-7-22(8-5-19)37(29,35)36/h4-9,12-14,16H,2-3,10-11,15,17H2,1H3,(H,30,34)(H,31,32)(H2,29,35,36). The number of aryl methyl sites for hydroxylation is 1. The molecule has 0 radical (unpaired) electrons. The Labute approximate surface area is 215 Å². The van der Waals surface area contributed by atoms with Crippen molar-refractivity contribution in [1.29, 1.82) is 0 Å². The molecule has 1 spiro atoms. The molecule has 4 N–H and O–H groups in total. The number of amides is 2. The van der Waals surface area contributed by atoms with Crippen LogP contribution in [0.2, 0.25) is 0 Å². The molecule has 1 aliphatic heterocycles. The van der Waals surface area contributed by atoms with Gasteiger partial charge < -0.3 is 5.32 Å². The van der Waals surface area contributed by atoms with Crippen molar-refractivity contribution in [3.63, 3.8) is 0 Å². The molecule has 3 aromatic carbocycles. The monoisotopic (exact) mass is 515 g/mol. The first-order chi connectivity index (χ1) is 17.7. The quantitative estimate of drug-likeness (QED) is 0.364. The van der Waals surface area contributed by atoms with Crippen molar-refractivity contribution < 1.29 is 13.2 Å². The molecule has 190 valence electrons. The Morgan fingerprint density at radius 2 is 1.86 bits per heavy atom. The fraction of sp³-hybridized carbons (Fsp3) is 0.286. The number of anilines is 1. The minimum atomic E-state index is -3.74. The lowest BCUT2D eigenvalue weighted by atomic mass is 9.79. The molecule has 2 aliphatic rings. The number of nitrogens with one attached hydrogen (secondary N) is 2. The van der Waals surface area contributed by atoms with Crippen LogP contribution in [-0.4, -0.2) is 31.2 Å². The number of fused-ring (bicyclic) bond motifs is 3. The summed E-state index contributed by atoms with van der Waals surface area (Å²) in [4.78, 5) is 15.3. The van der Waals surface area contributed by atoms with Crippen molar-refractivity contribution in [3.8, 4) is 11.1 Å². The Morgan fingerprint density at radius 1 is 1.11 bits per heavy atom. The number of hydrogen-bond acceptors (Lipinski definition) is 4. The molecule has 6 rings (SSSR count). The van der Waals surface area contributed by atoms with E-state index in [1.807, 2.05) is 11.1 Å². The molecule has 37 heavy (non-hydrogen) atoms. The molecule has 0 atom stereocenters. The molecule has 0 saturated heterocycles. The van der Waals surface area contributed by atoms with Crippen LogP contribution in [0.4, 0.5) is 10.5 Å². The van der Waals surface area contributed by atoms with Gasteiger partial charge in [0.1, 0.15) is 0 Å². The maximum atomic E-state index is 13.4. The van der Waals surface area contributed by atoms with Gasteiger partial charge in [-0.3, -0.25) is 10.00 Å². The van der Waals surface area contributed by atoms with Gasteiger partial charge in [0.15, 0.2) is 0 Å². The van der Waals surface area contributed by atoms with E-state index in [1.165, 1.54) is 28.8 Å². The number of aromatic amines is 1. The Morgan fingerprint density at radius 3 is 2.59 bits per heavy atom. The topological polar surface area (TPSA) is 121 Å². The van der Waals surface area contributed by atoms with E-state index in [-0.39, 0.29) is 16.3 Å². The lowest BCUT2D eigenvalue weighted by Crippen LogP contribution is -2.41. The van der Waals surface area contributed by atoms with E-state index < -0.39 is 10.0 Å². The third-order valence-corrected chi connectivity index (χ3v) is 8.85. The zero-order valence-corrected chi connectivity index (χ0v) is 21.4. The van der Waals surface area contributed by atoms with E-state index in [9.17, 15) is 13.2 Å². The third kappa shape index (κ3) is 4.18. The Balaban J connectivity index is 1.28. The molecule has 1 aromatic heterocycles. The van der Waals surface area contributed by atoms with Gasteiger partial charge in [-0.05, 0) is 84.0 Å². The number of H-pyrrole nitrogens is 1. The highest BCUT2D eigenvalue weighted by atomic mass is 32.2. The number of primary sulfonamides is 1. The second-order valence-electron chi connectivity index (χ2n) is 10.3. The summed E-state index contributed by atoms with van der Waals surface area (Å²) in [6.07, 6.45) is 6.31. The van der Waals surface area contributed by atoms with Crippen LogP contribution in [-0.2, 0) is 22.0 Å². The molecular weight excluding hydrogens is 486 g/mol. The fourth-order valence-electron chi connectivity index (χ4n) is 5.98. The molecule has 4 aromatic rings. The Kier molecular flexibility index (Phi) is 5.58. The number of hydrogen-bond donors (Lipinski definition) is 3. The van der Waals surface area contributed by atoms with E-state index >= 15 is 0 Å². The van der Waals surface area contributed by atoms with Gasteiger partial charge >= 0.3 is 6.03 Å². The first kappa shape index (κ1) is 23.7. The molecule has 2 amide bonds. The summed E-state index contributed by atoms with van der Waals surface area (Å²) in [5, 5.41) is 16.5. The summed E-state index contributed by atoms with van der Waals surface area (Å²) < 4.78 is 23.0. The zero-order valence-electron chi connectivity index (χ0n) is 20.6. The van der Waals surface area contributed by atoms with Crippen molar-refractivity contribution in [2.24, 2.45) is 5.14 Å². The highest BCUT2D eigenvalue weighted by Crippen LogP contribution is 2.51. The van der Waals surface area contributed by atoms with E-state index in [1.54, 1.807) is 12.1 Å². The van der Waals surface area contributed by atoms with Crippen LogP contribution >= 0.6 is 0 Å². The second-order valence-corrected chi connectivity index (χ2v) is 11.8. The third-order valence-electron chi connectivity index (χ3n) is 7.92. The van der Waals surface area contributed by atoms with Gasteiger partial charge in [0.05, 0.1) is 16.6 Å². The van der Waals surface area contributed by atoms with Crippen molar-refractivity contribution in [2.45, 2.75) is 49.5 Å². The summed E-state index contributed by atoms with van der Waals surface area (Å²) in [6.45, 7) is 3.08. The number of rotatable bonds is 4. The zero-order chi connectivity index (χ0) is 25.8. The van der Waals surface area contributed by atoms with E-state index in [4.69, 9.17) is 5.14 Å². The number of sulfonamides is 1. The van der Waals surface area contributed by atoms with Crippen molar-refractivity contribution in [1.82, 2.24) is 15.5 Å². The normalized spacial score (nSPS) is 16.4. The molecule has 8 nitrogen and oxygen atoms in total. The van der Waals surface area contributed by atoms with Crippen LogP contribution in [0, 0.1) is 6.92 Å². The van der Waals surface area contributed by atoms with Gasteiger partial charge in [0.25, 0.3) is 0 Å². The van der Waals surface area contributed by atoms with Gasteiger partial charge in [-0.25, -0.2) is 18.4 Å². The molecule has 0 unspecified atom stereocenters. The maximum Gasteiger partial charge on any atom is 0.322 e. The van der Waals surface area contributed by atoms with E-state index in [0.29, 0.717) is 13.1 Å².